The van der Waals surface area contributed by atoms with Crippen LogP contribution in [0.1, 0.15) is 66.7 Å². The van der Waals surface area contributed by atoms with Gasteiger partial charge in [0.1, 0.15) is 17.3 Å². The molecule has 32 heavy (non-hydrogen) atoms. The van der Waals surface area contributed by atoms with Crippen molar-refractivity contribution >= 4 is 23.1 Å². The molecule has 0 radical (unpaired) electrons. The number of anilines is 2. The summed E-state index contributed by atoms with van der Waals surface area (Å²) in [6, 6.07) is 3.78. The lowest BCUT2D eigenvalue weighted by atomic mass is 9.89. The Bertz CT molecular complexity index is 751. The highest BCUT2D eigenvalue weighted by atomic mass is 16.5. The number of nitrogens with zero attached hydrogens (tertiary/aromatic N) is 1. The molecule has 0 aliphatic carbocycles. The number of hydrogen-bond acceptors (Lipinski definition) is 6. The Morgan fingerprint density at radius 2 is 1.59 bits per heavy atom. The highest BCUT2D eigenvalue weighted by Gasteiger charge is 2.25. The van der Waals surface area contributed by atoms with Crippen molar-refractivity contribution in [3.05, 3.63) is 12.1 Å². The summed E-state index contributed by atoms with van der Waals surface area (Å²) in [6.07, 6.45) is 3.73. The summed E-state index contributed by atoms with van der Waals surface area (Å²) in [6.45, 7) is 13.7. The van der Waals surface area contributed by atoms with Crippen LogP contribution in [0.2, 0.25) is 0 Å². The number of Topliss-reactive ketones (excluding diaryl/α,β-unsaturated/α-hetero) is 1. The maximum absolute atomic E-state index is 12.7. The first-order valence-corrected chi connectivity index (χ1v) is 11.9. The molecule has 0 saturated carbocycles. The van der Waals surface area contributed by atoms with Crippen LogP contribution in [0.25, 0.3) is 0 Å². The first-order chi connectivity index (χ1) is 15.3. The molecule has 0 aromatic heterocycles. The number of ether oxygens (including phenoxy) is 3. The lowest BCUT2D eigenvalue weighted by Gasteiger charge is -2.31. The zero-order valence-corrected chi connectivity index (χ0v) is 20.4. The van der Waals surface area contributed by atoms with E-state index in [2.05, 4.69) is 24.1 Å². The minimum atomic E-state index is -0.563. The van der Waals surface area contributed by atoms with Gasteiger partial charge in [-0.1, -0.05) is 47.5 Å². The SMILES string of the molecule is CCCCOc1cc(N2CCOCC2)c(OCCCC)cc1NC(=O)CC(=O)C(C)(C)C. The first kappa shape index (κ1) is 26.0. The maximum atomic E-state index is 12.7. The minimum Gasteiger partial charge on any atom is -0.491 e. The van der Waals surface area contributed by atoms with Crippen molar-refractivity contribution in [3.63, 3.8) is 0 Å². The molecule has 1 amide bonds. The highest BCUT2D eigenvalue weighted by molar-refractivity contribution is 6.06. The van der Waals surface area contributed by atoms with Gasteiger partial charge in [0.25, 0.3) is 0 Å². The van der Waals surface area contributed by atoms with Crippen LogP contribution in [0.15, 0.2) is 12.1 Å². The molecule has 1 aromatic rings. The van der Waals surface area contributed by atoms with Crippen LogP contribution in [0.4, 0.5) is 11.4 Å². The molecule has 1 N–H and O–H groups in total. The maximum Gasteiger partial charge on any atom is 0.231 e. The molecule has 180 valence electrons. The normalized spacial score (nSPS) is 14.2. The van der Waals surface area contributed by atoms with E-state index in [4.69, 9.17) is 14.2 Å². The van der Waals surface area contributed by atoms with Gasteiger partial charge in [-0.25, -0.2) is 0 Å². The molecule has 1 aromatic carbocycles. The average Bonchev–Trinajstić information content (AvgIpc) is 2.75. The van der Waals surface area contributed by atoms with Gasteiger partial charge in [-0.15, -0.1) is 0 Å². The molecule has 2 rings (SSSR count). The lowest BCUT2D eigenvalue weighted by molar-refractivity contribution is -0.130. The Labute approximate surface area is 192 Å². The number of hydrogen-bond donors (Lipinski definition) is 1. The minimum absolute atomic E-state index is 0.104. The average molecular weight is 449 g/mol. The lowest BCUT2D eigenvalue weighted by Crippen LogP contribution is -2.36. The number of morpholine rings is 1. The number of amides is 1. The Balaban J connectivity index is 2.33. The molecule has 1 saturated heterocycles. The molecule has 7 heteroatoms. The van der Waals surface area contributed by atoms with Crippen molar-refractivity contribution in [2.45, 2.75) is 66.7 Å². The smallest absolute Gasteiger partial charge is 0.231 e. The molecule has 0 atom stereocenters. The molecule has 0 bridgehead atoms. The summed E-state index contributed by atoms with van der Waals surface area (Å²) in [5, 5.41) is 2.89. The molecule has 1 aliphatic heterocycles. The fraction of sp³-hybridized carbons (Fsp3) is 0.680. The Hall–Kier alpha value is -2.28. The molecule has 1 fully saturated rings. The fourth-order valence-electron chi connectivity index (χ4n) is 3.19. The number of carbonyl (C=O) groups is 2. The van der Waals surface area contributed by atoms with Gasteiger partial charge in [0.05, 0.1) is 44.2 Å². The van der Waals surface area contributed by atoms with E-state index in [0.29, 0.717) is 43.6 Å². The van der Waals surface area contributed by atoms with Crippen LogP contribution in [-0.4, -0.2) is 51.2 Å². The van der Waals surface area contributed by atoms with E-state index in [0.717, 1.165) is 44.5 Å². The number of unbranched alkanes of at least 4 members (excludes halogenated alkanes) is 2. The van der Waals surface area contributed by atoms with Crippen LogP contribution in [0.3, 0.4) is 0 Å². The zero-order valence-electron chi connectivity index (χ0n) is 20.4. The van der Waals surface area contributed by atoms with Crippen LogP contribution in [-0.2, 0) is 14.3 Å². The Kier molecular flexibility index (Phi) is 10.3. The second-order valence-corrected chi connectivity index (χ2v) is 9.22. The third-order valence-corrected chi connectivity index (χ3v) is 5.36. The van der Waals surface area contributed by atoms with Gasteiger partial charge in [-0.3, -0.25) is 9.59 Å². The molecule has 7 nitrogen and oxygen atoms in total. The summed E-state index contributed by atoms with van der Waals surface area (Å²) < 4.78 is 17.7. The Morgan fingerprint density at radius 1 is 1.00 bits per heavy atom. The second-order valence-electron chi connectivity index (χ2n) is 9.22. The number of benzene rings is 1. The topological polar surface area (TPSA) is 77.1 Å². The second kappa shape index (κ2) is 12.7. The van der Waals surface area contributed by atoms with Gasteiger partial charge in [0.15, 0.2) is 0 Å². The standard InChI is InChI=1S/C25H40N2O5/c1-6-8-12-31-21-17-20(27-10-14-30-15-11-27)22(32-13-9-7-2)16-19(21)26-24(29)18-23(28)25(3,4)5/h16-17H,6-15,18H2,1-5H3,(H,26,29). The van der Waals surface area contributed by atoms with Gasteiger partial charge in [0, 0.05) is 30.6 Å². The summed E-state index contributed by atoms with van der Waals surface area (Å²) in [4.78, 5) is 27.2. The molecular formula is C25H40N2O5. The van der Waals surface area contributed by atoms with Crippen molar-refractivity contribution in [2.75, 3.05) is 49.7 Å². The first-order valence-electron chi connectivity index (χ1n) is 11.9. The number of ketones is 1. The largest absolute Gasteiger partial charge is 0.491 e. The molecular weight excluding hydrogens is 408 g/mol. The van der Waals surface area contributed by atoms with E-state index in [1.807, 2.05) is 32.9 Å². The number of rotatable bonds is 12. The van der Waals surface area contributed by atoms with Gasteiger partial charge in [0.2, 0.25) is 5.91 Å². The molecule has 0 spiro atoms. The zero-order chi connectivity index (χ0) is 23.6. The number of carbonyl (C=O) groups excluding carboxylic acids is 2. The van der Waals surface area contributed by atoms with Gasteiger partial charge >= 0.3 is 0 Å². The quantitative estimate of drug-likeness (QED) is 0.365. The van der Waals surface area contributed by atoms with E-state index in [-0.39, 0.29) is 18.1 Å². The summed E-state index contributed by atoms with van der Waals surface area (Å²) >= 11 is 0. The monoisotopic (exact) mass is 448 g/mol. The van der Waals surface area contributed by atoms with Crippen molar-refractivity contribution < 1.29 is 23.8 Å². The fourth-order valence-corrected chi connectivity index (χ4v) is 3.19. The predicted molar refractivity (Wildman–Crippen MR) is 128 cm³/mol. The highest BCUT2D eigenvalue weighted by Crippen LogP contribution is 2.39. The van der Waals surface area contributed by atoms with E-state index in [1.54, 1.807) is 0 Å². The van der Waals surface area contributed by atoms with Crippen molar-refractivity contribution in [3.8, 4) is 11.5 Å². The van der Waals surface area contributed by atoms with E-state index in [9.17, 15) is 9.59 Å². The van der Waals surface area contributed by atoms with Gasteiger partial charge in [-0.2, -0.15) is 0 Å². The third-order valence-electron chi connectivity index (χ3n) is 5.36. The molecule has 1 aliphatic rings. The summed E-state index contributed by atoms with van der Waals surface area (Å²) in [5.41, 5.74) is 0.919. The van der Waals surface area contributed by atoms with Crippen LogP contribution >= 0.6 is 0 Å². The van der Waals surface area contributed by atoms with E-state index in [1.165, 1.54) is 0 Å². The molecule has 1 heterocycles. The van der Waals surface area contributed by atoms with E-state index < -0.39 is 5.41 Å². The third kappa shape index (κ3) is 8.01. The van der Waals surface area contributed by atoms with Gasteiger partial charge < -0.3 is 24.4 Å². The van der Waals surface area contributed by atoms with E-state index >= 15 is 0 Å². The van der Waals surface area contributed by atoms with Crippen LogP contribution in [0.5, 0.6) is 11.5 Å². The van der Waals surface area contributed by atoms with Crippen LogP contribution < -0.4 is 19.7 Å². The van der Waals surface area contributed by atoms with Crippen molar-refractivity contribution in [2.24, 2.45) is 5.41 Å². The number of nitrogens with one attached hydrogen (secondary N) is 1. The van der Waals surface area contributed by atoms with Crippen LogP contribution in [0, 0.1) is 5.41 Å². The summed E-state index contributed by atoms with van der Waals surface area (Å²) in [5.74, 6) is 0.858. The summed E-state index contributed by atoms with van der Waals surface area (Å²) in [7, 11) is 0. The molecule has 0 unspecified atom stereocenters. The predicted octanol–water partition coefficient (Wildman–Crippen LogP) is 4.82. The van der Waals surface area contributed by atoms with Crippen molar-refractivity contribution in [1.29, 1.82) is 0 Å². The van der Waals surface area contributed by atoms with Gasteiger partial charge in [-0.05, 0) is 12.8 Å². The Morgan fingerprint density at radius 3 is 2.16 bits per heavy atom. The van der Waals surface area contributed by atoms with Crippen molar-refractivity contribution in [1.82, 2.24) is 0 Å².